The number of nitrogens with two attached hydrogens (primary N) is 1. The van der Waals surface area contributed by atoms with Gasteiger partial charge in [-0.1, -0.05) is 0 Å². The van der Waals surface area contributed by atoms with Crippen LogP contribution in [0.5, 0.6) is 0 Å². The van der Waals surface area contributed by atoms with Gasteiger partial charge in [0.1, 0.15) is 4.88 Å². The Labute approximate surface area is 107 Å². The third-order valence-corrected chi connectivity index (χ3v) is 3.72. The van der Waals surface area contributed by atoms with Crippen LogP contribution in [0.3, 0.4) is 0 Å². The van der Waals surface area contributed by atoms with Crippen LogP contribution in [0.25, 0.3) is 0 Å². The maximum atomic E-state index is 11.8. The second-order valence-corrected chi connectivity index (χ2v) is 4.85. The van der Waals surface area contributed by atoms with E-state index in [1.807, 2.05) is 0 Å². The third kappa shape index (κ3) is 2.08. The molecule has 2 amide bonds. The molecule has 2 heterocycles. The van der Waals surface area contributed by atoms with Crippen molar-refractivity contribution in [2.45, 2.75) is 6.42 Å². The van der Waals surface area contributed by atoms with Gasteiger partial charge >= 0.3 is 5.97 Å². The van der Waals surface area contributed by atoms with Gasteiger partial charge in [0.2, 0.25) is 11.8 Å². The number of rotatable bonds is 3. The zero-order chi connectivity index (χ0) is 13.3. The van der Waals surface area contributed by atoms with E-state index in [-0.39, 0.29) is 18.9 Å². The third-order valence-electron chi connectivity index (χ3n) is 2.83. The molecule has 0 saturated carbocycles. The van der Waals surface area contributed by atoms with Gasteiger partial charge in [0.05, 0.1) is 18.7 Å². The summed E-state index contributed by atoms with van der Waals surface area (Å²) in [5, 5.41) is 1.70. The number of carbonyl (C=O) groups excluding carboxylic acids is 3. The number of ether oxygens (including phenoxy) is 1. The molecule has 0 spiro atoms. The molecule has 1 aromatic rings. The molecule has 1 atom stereocenters. The summed E-state index contributed by atoms with van der Waals surface area (Å²) in [6.07, 6.45) is 0.0891. The molecular formula is C11H12N2O4S. The first kappa shape index (κ1) is 12.6. The average Bonchev–Trinajstić information content (AvgIpc) is 2.93. The van der Waals surface area contributed by atoms with Crippen LogP contribution in [0.4, 0.5) is 5.69 Å². The van der Waals surface area contributed by atoms with E-state index in [9.17, 15) is 14.4 Å². The van der Waals surface area contributed by atoms with Gasteiger partial charge in [0, 0.05) is 13.0 Å². The molecule has 1 fully saturated rings. The van der Waals surface area contributed by atoms with Crippen molar-refractivity contribution in [3.8, 4) is 0 Å². The summed E-state index contributed by atoms with van der Waals surface area (Å²) in [5.74, 6) is -1.69. The summed E-state index contributed by atoms with van der Waals surface area (Å²) in [4.78, 5) is 36.2. The van der Waals surface area contributed by atoms with Crippen molar-refractivity contribution < 1.29 is 19.1 Å². The highest BCUT2D eigenvalue weighted by Gasteiger charge is 2.36. The van der Waals surface area contributed by atoms with E-state index in [1.54, 1.807) is 11.4 Å². The van der Waals surface area contributed by atoms with Crippen LogP contribution in [0.1, 0.15) is 16.1 Å². The molecule has 7 heteroatoms. The lowest BCUT2D eigenvalue weighted by Gasteiger charge is -2.15. The van der Waals surface area contributed by atoms with E-state index < -0.39 is 17.8 Å². The van der Waals surface area contributed by atoms with Gasteiger partial charge in [0.25, 0.3) is 0 Å². The first-order chi connectivity index (χ1) is 8.54. The van der Waals surface area contributed by atoms with Gasteiger partial charge in [-0.05, 0) is 11.4 Å². The number of nitrogens with zero attached hydrogens (tertiary/aromatic N) is 1. The van der Waals surface area contributed by atoms with E-state index in [4.69, 9.17) is 5.73 Å². The van der Waals surface area contributed by atoms with E-state index in [0.29, 0.717) is 10.6 Å². The minimum Gasteiger partial charge on any atom is -0.465 e. The Morgan fingerprint density at radius 3 is 2.83 bits per heavy atom. The van der Waals surface area contributed by atoms with Crippen molar-refractivity contribution in [2.75, 3.05) is 18.6 Å². The zero-order valence-electron chi connectivity index (χ0n) is 9.71. The Balaban J connectivity index is 2.28. The molecule has 96 valence electrons. The fraction of sp³-hybridized carbons (Fsp3) is 0.364. The summed E-state index contributed by atoms with van der Waals surface area (Å²) in [5.41, 5.74) is 5.68. The molecule has 1 aliphatic heterocycles. The lowest BCUT2D eigenvalue weighted by atomic mass is 10.1. The minimum atomic E-state index is -0.499. The van der Waals surface area contributed by atoms with Crippen LogP contribution in [-0.4, -0.2) is 31.4 Å². The van der Waals surface area contributed by atoms with Crippen molar-refractivity contribution >= 4 is 34.8 Å². The van der Waals surface area contributed by atoms with Crippen LogP contribution in [0, 0.1) is 5.92 Å². The molecule has 0 bridgehead atoms. The van der Waals surface area contributed by atoms with Crippen molar-refractivity contribution in [2.24, 2.45) is 11.7 Å². The van der Waals surface area contributed by atoms with Gasteiger partial charge in [0.15, 0.2) is 0 Å². The molecule has 1 aromatic heterocycles. The van der Waals surface area contributed by atoms with Gasteiger partial charge in [-0.15, -0.1) is 11.3 Å². The highest BCUT2D eigenvalue weighted by molar-refractivity contribution is 7.12. The van der Waals surface area contributed by atoms with E-state index in [0.717, 1.165) is 0 Å². The maximum Gasteiger partial charge on any atom is 0.350 e. The topological polar surface area (TPSA) is 89.7 Å². The normalized spacial score (nSPS) is 19.1. The van der Waals surface area contributed by atoms with Crippen LogP contribution >= 0.6 is 11.3 Å². The average molecular weight is 268 g/mol. The quantitative estimate of drug-likeness (QED) is 0.802. The van der Waals surface area contributed by atoms with Crippen molar-refractivity contribution in [1.29, 1.82) is 0 Å². The van der Waals surface area contributed by atoms with Gasteiger partial charge in [-0.3, -0.25) is 9.59 Å². The second kappa shape index (κ2) is 4.77. The molecule has 1 aliphatic rings. The summed E-state index contributed by atoms with van der Waals surface area (Å²) in [6.45, 7) is 0.217. The number of amides is 2. The van der Waals surface area contributed by atoms with Crippen LogP contribution in [0.15, 0.2) is 11.4 Å². The maximum absolute atomic E-state index is 11.8. The molecular weight excluding hydrogens is 256 g/mol. The molecule has 0 aromatic carbocycles. The summed E-state index contributed by atoms with van der Waals surface area (Å²) in [6, 6.07) is 1.66. The number of methoxy groups -OCH3 is 1. The number of thiophene rings is 1. The standard InChI is InChI=1S/C11H12N2O4S/c1-17-11(16)9-7(2-3-18-9)13-5-6(10(12)15)4-8(13)14/h2-3,6H,4-5H2,1H3,(H2,12,15). The van der Waals surface area contributed by atoms with E-state index in [1.165, 1.54) is 23.3 Å². The molecule has 1 unspecified atom stereocenters. The predicted molar refractivity (Wildman–Crippen MR) is 65.3 cm³/mol. The molecule has 0 aliphatic carbocycles. The Morgan fingerprint density at radius 1 is 1.56 bits per heavy atom. The van der Waals surface area contributed by atoms with Gasteiger partial charge < -0.3 is 15.4 Å². The van der Waals surface area contributed by atoms with Gasteiger partial charge in [-0.2, -0.15) is 0 Å². The fourth-order valence-electron chi connectivity index (χ4n) is 1.89. The summed E-state index contributed by atoms with van der Waals surface area (Å²) >= 11 is 1.20. The smallest absolute Gasteiger partial charge is 0.350 e. The molecule has 2 rings (SSSR count). The highest BCUT2D eigenvalue weighted by atomic mass is 32.1. The van der Waals surface area contributed by atoms with Crippen LogP contribution < -0.4 is 10.6 Å². The Hall–Kier alpha value is -1.89. The molecule has 0 radical (unpaired) electrons. The summed E-state index contributed by atoms with van der Waals surface area (Å²) in [7, 11) is 1.28. The number of carbonyl (C=O) groups is 3. The second-order valence-electron chi connectivity index (χ2n) is 3.93. The predicted octanol–water partition coefficient (Wildman–Crippen LogP) is 0.373. The lowest BCUT2D eigenvalue weighted by Crippen LogP contribution is -2.29. The van der Waals surface area contributed by atoms with Crippen molar-refractivity contribution in [3.63, 3.8) is 0 Å². The largest absolute Gasteiger partial charge is 0.465 e. The molecule has 1 saturated heterocycles. The van der Waals surface area contributed by atoms with E-state index in [2.05, 4.69) is 4.74 Å². The molecule has 2 N–H and O–H groups in total. The molecule has 6 nitrogen and oxygen atoms in total. The summed E-state index contributed by atoms with van der Waals surface area (Å²) < 4.78 is 4.65. The van der Waals surface area contributed by atoms with Crippen LogP contribution in [-0.2, 0) is 14.3 Å². The number of hydrogen-bond acceptors (Lipinski definition) is 5. The Bertz CT molecular complexity index is 511. The molecule has 18 heavy (non-hydrogen) atoms. The fourth-order valence-corrected chi connectivity index (χ4v) is 2.70. The minimum absolute atomic E-state index is 0.0891. The highest BCUT2D eigenvalue weighted by Crippen LogP contribution is 2.31. The number of esters is 1. The van der Waals surface area contributed by atoms with Gasteiger partial charge in [-0.25, -0.2) is 4.79 Å². The van der Waals surface area contributed by atoms with E-state index >= 15 is 0 Å². The first-order valence-corrected chi connectivity index (χ1v) is 6.18. The monoisotopic (exact) mass is 268 g/mol. The SMILES string of the molecule is COC(=O)c1sccc1N1CC(C(N)=O)CC1=O. The number of hydrogen-bond donors (Lipinski definition) is 1. The lowest BCUT2D eigenvalue weighted by molar-refractivity contribution is -0.123. The van der Waals surface area contributed by atoms with Crippen molar-refractivity contribution in [1.82, 2.24) is 0 Å². The number of primary amides is 1. The zero-order valence-corrected chi connectivity index (χ0v) is 10.5. The number of anilines is 1. The Morgan fingerprint density at radius 2 is 2.28 bits per heavy atom. The van der Waals surface area contributed by atoms with Crippen LogP contribution in [0.2, 0.25) is 0 Å². The first-order valence-electron chi connectivity index (χ1n) is 5.30. The van der Waals surface area contributed by atoms with Crippen molar-refractivity contribution in [3.05, 3.63) is 16.3 Å². The Kier molecular flexibility index (Phi) is 3.33.